The van der Waals surface area contributed by atoms with Gasteiger partial charge in [-0.25, -0.2) is 9.50 Å². The van der Waals surface area contributed by atoms with Gasteiger partial charge in [-0.15, -0.1) is 0 Å². The fraction of sp³-hybridized carbons (Fsp3) is 0.0526. The minimum Gasteiger partial charge on any atom is -0.323 e. The summed E-state index contributed by atoms with van der Waals surface area (Å²) in [5.74, 6) is -0.256. The number of carbonyl (C=O) groups excluding carboxylic acids is 1. The van der Waals surface area contributed by atoms with E-state index in [1.807, 2.05) is 49.8 Å². The summed E-state index contributed by atoms with van der Waals surface area (Å²) < 4.78 is 3.52. The van der Waals surface area contributed by atoms with Crippen LogP contribution < -0.4 is 5.32 Å². The van der Waals surface area contributed by atoms with Crippen LogP contribution in [0.25, 0.3) is 28.0 Å². The van der Waals surface area contributed by atoms with Crippen molar-refractivity contribution in [2.24, 2.45) is 7.05 Å². The van der Waals surface area contributed by atoms with Crippen LogP contribution in [0.4, 0.5) is 5.69 Å². The van der Waals surface area contributed by atoms with E-state index in [2.05, 4.69) is 22.1 Å². The van der Waals surface area contributed by atoms with Crippen LogP contribution >= 0.6 is 0 Å². The molecule has 0 aliphatic rings. The molecule has 7 nitrogen and oxygen atoms in total. The third kappa shape index (κ3) is 2.86. The Labute approximate surface area is 149 Å². The highest BCUT2D eigenvalue weighted by Crippen LogP contribution is 2.28. The number of carbonyl (C=O) groups is 1. The molecule has 0 radical (unpaired) electrons. The number of hydrogen-bond acceptors (Lipinski definition) is 4. The first-order valence-corrected chi connectivity index (χ1v) is 8.01. The molecule has 0 fully saturated rings. The molecule has 1 N–H and O–H groups in total. The van der Waals surface area contributed by atoms with E-state index in [0.29, 0.717) is 5.69 Å². The molecule has 0 aliphatic carbocycles. The highest BCUT2D eigenvalue weighted by atomic mass is 16.1. The predicted molar refractivity (Wildman–Crippen MR) is 99.5 cm³/mol. The lowest BCUT2D eigenvalue weighted by molar-refractivity contribution is -0.111. The van der Waals surface area contributed by atoms with E-state index in [1.54, 1.807) is 21.6 Å². The summed E-state index contributed by atoms with van der Waals surface area (Å²) in [5, 5.41) is 11.3. The van der Waals surface area contributed by atoms with Gasteiger partial charge in [0.1, 0.15) is 0 Å². The van der Waals surface area contributed by atoms with Crippen LogP contribution in [0.5, 0.6) is 0 Å². The van der Waals surface area contributed by atoms with Gasteiger partial charge in [-0.05, 0) is 24.3 Å². The molecule has 3 heterocycles. The summed E-state index contributed by atoms with van der Waals surface area (Å²) >= 11 is 0. The van der Waals surface area contributed by atoms with Crippen molar-refractivity contribution in [2.45, 2.75) is 0 Å². The molecule has 26 heavy (non-hydrogen) atoms. The number of benzene rings is 1. The number of nitrogens with zero attached hydrogens (tertiary/aromatic N) is 5. The number of anilines is 1. The Kier molecular flexibility index (Phi) is 3.81. The van der Waals surface area contributed by atoms with Gasteiger partial charge in [0, 0.05) is 30.1 Å². The fourth-order valence-electron chi connectivity index (χ4n) is 2.77. The Morgan fingerprint density at radius 2 is 2.08 bits per heavy atom. The van der Waals surface area contributed by atoms with Gasteiger partial charge in [-0.3, -0.25) is 9.48 Å². The third-order valence-corrected chi connectivity index (χ3v) is 3.98. The molecule has 0 saturated carbocycles. The van der Waals surface area contributed by atoms with Gasteiger partial charge in [0.25, 0.3) is 0 Å². The molecule has 128 valence electrons. The van der Waals surface area contributed by atoms with Crippen molar-refractivity contribution in [2.75, 3.05) is 5.32 Å². The molecular weight excluding hydrogens is 328 g/mol. The van der Waals surface area contributed by atoms with Crippen molar-refractivity contribution in [3.8, 4) is 22.5 Å². The molecule has 7 heteroatoms. The zero-order valence-corrected chi connectivity index (χ0v) is 14.1. The van der Waals surface area contributed by atoms with Crippen LogP contribution in [0.2, 0.25) is 0 Å². The van der Waals surface area contributed by atoms with E-state index in [1.165, 1.54) is 6.08 Å². The molecule has 1 aromatic carbocycles. The van der Waals surface area contributed by atoms with Crippen molar-refractivity contribution >= 4 is 17.1 Å². The molecule has 0 saturated heterocycles. The lowest BCUT2D eigenvalue weighted by Crippen LogP contribution is -2.07. The van der Waals surface area contributed by atoms with E-state index in [4.69, 9.17) is 4.98 Å². The van der Waals surface area contributed by atoms with E-state index < -0.39 is 0 Å². The lowest BCUT2D eigenvalue weighted by atomic mass is 10.1. The summed E-state index contributed by atoms with van der Waals surface area (Å²) in [4.78, 5) is 16.4. The molecule has 0 aliphatic heterocycles. The van der Waals surface area contributed by atoms with Gasteiger partial charge in [0.2, 0.25) is 5.91 Å². The van der Waals surface area contributed by atoms with Crippen LogP contribution in [0.15, 0.2) is 67.8 Å². The average Bonchev–Trinajstić information content (AvgIpc) is 3.29. The van der Waals surface area contributed by atoms with Crippen LogP contribution in [-0.4, -0.2) is 30.3 Å². The molecule has 4 rings (SSSR count). The van der Waals surface area contributed by atoms with Gasteiger partial charge in [-0.1, -0.05) is 18.7 Å². The van der Waals surface area contributed by atoms with Gasteiger partial charge in [0.15, 0.2) is 0 Å². The lowest BCUT2D eigenvalue weighted by Gasteiger charge is -2.09. The third-order valence-electron chi connectivity index (χ3n) is 3.98. The minimum absolute atomic E-state index is 0.256. The Morgan fingerprint density at radius 1 is 1.19 bits per heavy atom. The van der Waals surface area contributed by atoms with Crippen molar-refractivity contribution in [1.29, 1.82) is 0 Å². The first kappa shape index (κ1) is 15.8. The molecule has 0 spiro atoms. The molecule has 4 aromatic rings. The Balaban J connectivity index is 1.85. The molecular formula is C19H16N6O. The molecule has 0 unspecified atom stereocenters. The normalized spacial score (nSPS) is 10.8. The number of hydrogen-bond donors (Lipinski definition) is 1. The highest BCUT2D eigenvalue weighted by Gasteiger charge is 2.12. The van der Waals surface area contributed by atoms with E-state index in [0.717, 1.165) is 28.0 Å². The first-order chi connectivity index (χ1) is 12.6. The zero-order chi connectivity index (χ0) is 18.1. The van der Waals surface area contributed by atoms with Gasteiger partial charge >= 0.3 is 0 Å². The van der Waals surface area contributed by atoms with Gasteiger partial charge in [-0.2, -0.15) is 10.2 Å². The molecule has 0 atom stereocenters. The maximum Gasteiger partial charge on any atom is 0.247 e. The van der Waals surface area contributed by atoms with Crippen LogP contribution in [0.1, 0.15) is 0 Å². The summed E-state index contributed by atoms with van der Waals surface area (Å²) in [6.07, 6.45) is 8.52. The smallest absolute Gasteiger partial charge is 0.247 e. The standard InChI is InChI=1S/C19H16N6O/c1-3-18(26)22-15-6-4-5-13(9-15)19-17-7-8-20-25(17)12-16(23-19)14-10-21-24(2)11-14/h3-12H,1H2,2H3,(H,22,26). The topological polar surface area (TPSA) is 77.1 Å². The number of aromatic nitrogens is 5. The number of amides is 1. The second-order valence-corrected chi connectivity index (χ2v) is 5.81. The number of aryl methyl sites for hydroxylation is 1. The zero-order valence-electron chi connectivity index (χ0n) is 14.1. The largest absolute Gasteiger partial charge is 0.323 e. The minimum atomic E-state index is -0.256. The van der Waals surface area contributed by atoms with E-state index in [-0.39, 0.29) is 5.91 Å². The quantitative estimate of drug-likeness (QED) is 0.578. The van der Waals surface area contributed by atoms with Crippen molar-refractivity contribution in [3.63, 3.8) is 0 Å². The Bertz CT molecular complexity index is 1120. The maximum atomic E-state index is 11.6. The highest BCUT2D eigenvalue weighted by molar-refractivity contribution is 5.99. The van der Waals surface area contributed by atoms with Crippen molar-refractivity contribution in [3.05, 3.63) is 67.8 Å². The van der Waals surface area contributed by atoms with E-state index >= 15 is 0 Å². The van der Waals surface area contributed by atoms with Crippen LogP contribution in [0, 0.1) is 0 Å². The van der Waals surface area contributed by atoms with Crippen LogP contribution in [0.3, 0.4) is 0 Å². The SMILES string of the molecule is C=CC(=O)Nc1cccc(-c2nc(-c3cnn(C)c3)cn3nccc23)c1. The number of nitrogens with one attached hydrogen (secondary N) is 1. The van der Waals surface area contributed by atoms with Gasteiger partial charge in [0.05, 0.1) is 35.5 Å². The molecule has 3 aromatic heterocycles. The number of rotatable bonds is 4. The fourth-order valence-corrected chi connectivity index (χ4v) is 2.77. The first-order valence-electron chi connectivity index (χ1n) is 8.01. The second-order valence-electron chi connectivity index (χ2n) is 5.81. The van der Waals surface area contributed by atoms with Crippen molar-refractivity contribution in [1.82, 2.24) is 24.4 Å². The molecule has 1 amide bonds. The summed E-state index contributed by atoms with van der Waals surface area (Å²) in [5.41, 5.74) is 4.89. The van der Waals surface area contributed by atoms with E-state index in [9.17, 15) is 4.79 Å². The number of fused-ring (bicyclic) bond motifs is 1. The summed E-state index contributed by atoms with van der Waals surface area (Å²) in [6, 6.07) is 9.43. The predicted octanol–water partition coefficient (Wildman–Crippen LogP) is 2.92. The van der Waals surface area contributed by atoms with Gasteiger partial charge < -0.3 is 5.32 Å². The van der Waals surface area contributed by atoms with Crippen molar-refractivity contribution < 1.29 is 4.79 Å². The second kappa shape index (κ2) is 6.29. The average molecular weight is 344 g/mol. The molecule has 0 bridgehead atoms. The van der Waals surface area contributed by atoms with Crippen LogP contribution in [-0.2, 0) is 11.8 Å². The Morgan fingerprint density at radius 3 is 2.85 bits per heavy atom. The summed E-state index contributed by atoms with van der Waals surface area (Å²) in [6.45, 7) is 3.47. The Hall–Kier alpha value is -3.74. The maximum absolute atomic E-state index is 11.6. The monoisotopic (exact) mass is 344 g/mol. The summed E-state index contributed by atoms with van der Waals surface area (Å²) in [7, 11) is 1.86.